The maximum absolute atomic E-state index is 15.4. The molecule has 2 heterocycles. The lowest BCUT2D eigenvalue weighted by Gasteiger charge is -2.44. The molecule has 436 valence electrons. The Kier molecular flexibility index (Phi) is 15.7. The minimum Gasteiger partial charge on any atom is -0.445 e. The van der Waals surface area contributed by atoms with Crippen LogP contribution in [-0.4, -0.2) is 6.15 Å². The van der Waals surface area contributed by atoms with Crippen LogP contribution in [0.15, 0.2) is 133 Å². The Hall–Kier alpha value is -8.37. The molecule has 0 radical (unpaired) electrons. The normalized spacial score (nSPS) is 11.8. The average molecular weight is 1360 g/mol. The highest BCUT2D eigenvalue weighted by atomic mass is 127. The van der Waals surface area contributed by atoms with Crippen LogP contribution in [0.5, 0.6) is 21.6 Å². The Morgan fingerprint density at radius 3 is 0.698 bits per heavy atom. The quantitative estimate of drug-likeness (QED) is 0.0339. The van der Waals surface area contributed by atoms with Crippen LogP contribution in [0, 0.1) is 122 Å². The number of fused-ring (bicyclic) bond motifs is 4. The predicted octanol–water partition coefficient (Wildman–Crippen LogP) is 14.0. The second-order valence-corrected chi connectivity index (χ2v) is 24.9. The number of halogens is 21. The van der Waals surface area contributed by atoms with Crippen molar-refractivity contribution in [3.8, 4) is 21.6 Å². The summed E-state index contributed by atoms with van der Waals surface area (Å²) in [4.78, 5) is 0. The summed E-state index contributed by atoms with van der Waals surface area (Å²) in [5.41, 5.74) is -14.3. The molecule has 0 N–H and O–H groups in total. The lowest BCUT2D eigenvalue weighted by molar-refractivity contribution is -0.585. The largest absolute Gasteiger partial charge is 0.445 e. The van der Waals surface area contributed by atoms with Gasteiger partial charge in [-0.05, 0) is 45.8 Å². The molecule has 12 rings (SSSR count). The molecular weight excluding hydrogens is 1330 g/mol. The van der Waals surface area contributed by atoms with Gasteiger partial charge >= 0.3 is 21.2 Å². The van der Waals surface area contributed by atoms with E-state index in [0.29, 0.717) is 0 Å². The molecule has 0 aliphatic carbocycles. The maximum atomic E-state index is 15.4. The molecule has 0 saturated heterocycles. The van der Waals surface area contributed by atoms with Crippen LogP contribution in [0.2, 0.25) is 0 Å². The van der Waals surface area contributed by atoms with Gasteiger partial charge < -0.3 is 9.47 Å². The first-order valence-electron chi connectivity index (χ1n) is 24.2. The fourth-order valence-electron chi connectivity index (χ4n) is 10.1. The monoisotopic (exact) mass is 1360 g/mol. The number of ether oxygens (including phenoxy) is 2. The number of thiophene rings is 2. The molecule has 10 aromatic carbocycles. The van der Waals surface area contributed by atoms with E-state index in [1.165, 1.54) is 27.3 Å². The van der Waals surface area contributed by atoms with Gasteiger partial charge in [-0.15, -0.1) is 21.9 Å². The second-order valence-electron chi connectivity index (χ2n) is 18.5. The summed E-state index contributed by atoms with van der Waals surface area (Å²) in [7, 11) is 0. The highest BCUT2D eigenvalue weighted by Gasteiger charge is 2.52. The molecule has 0 atom stereocenters. The fourth-order valence-corrected chi connectivity index (χ4v) is 16.0. The van der Waals surface area contributed by atoms with Gasteiger partial charge in [-0.1, -0.05) is 120 Å². The summed E-state index contributed by atoms with van der Waals surface area (Å²) in [6, 6.07) is 46.9. The molecule has 0 amide bonds. The van der Waals surface area contributed by atoms with Crippen molar-refractivity contribution < 1.29 is 118 Å². The molecule has 26 heteroatoms. The zero-order chi connectivity index (χ0) is 61.5. The predicted molar refractivity (Wildman–Crippen MR) is 278 cm³/mol. The molecule has 0 bridgehead atoms. The van der Waals surface area contributed by atoms with Crippen molar-refractivity contribution in [2.75, 3.05) is 0 Å². The van der Waals surface area contributed by atoms with Crippen LogP contribution < -0.4 is 52.5 Å². The molecule has 86 heavy (non-hydrogen) atoms. The van der Waals surface area contributed by atoms with Crippen molar-refractivity contribution >= 4 is 93.8 Å². The Morgan fingerprint density at radius 1 is 0.256 bits per heavy atom. The molecule has 0 saturated carbocycles. The van der Waals surface area contributed by atoms with Gasteiger partial charge in [0.1, 0.15) is 64.2 Å². The molecule has 0 unspecified atom stereocenters. The Bertz CT molecular complexity index is 4140. The lowest BCUT2D eigenvalue weighted by Crippen LogP contribution is -3.61. The Morgan fingerprint density at radius 2 is 0.465 bits per heavy atom. The molecule has 0 fully saturated rings. The van der Waals surface area contributed by atoms with Gasteiger partial charge in [-0.2, -0.15) is 0 Å². The van der Waals surface area contributed by atoms with Crippen LogP contribution in [0.1, 0.15) is 0 Å². The third kappa shape index (κ3) is 9.59. The van der Waals surface area contributed by atoms with E-state index in [0.717, 1.165) is 43.2 Å². The summed E-state index contributed by atoms with van der Waals surface area (Å²) in [6.45, 7) is 0. The molecule has 0 spiro atoms. The fraction of sp³-hybridized carbons (Fsp3) is 0. The molecule has 12 aromatic rings. The van der Waals surface area contributed by atoms with E-state index < -0.39 is 144 Å². The number of rotatable bonds is 10. The lowest BCUT2D eigenvalue weighted by atomic mass is 9.12. The van der Waals surface area contributed by atoms with Gasteiger partial charge in [0.15, 0.2) is 79.9 Å². The molecule has 0 aliphatic heterocycles. The van der Waals surface area contributed by atoms with Crippen molar-refractivity contribution in [3.05, 3.63) is 256 Å². The van der Waals surface area contributed by atoms with E-state index in [1.54, 1.807) is 22.7 Å². The van der Waals surface area contributed by atoms with E-state index in [2.05, 4.69) is 133 Å². The summed E-state index contributed by atoms with van der Waals surface area (Å²) < 4.78 is 310. The van der Waals surface area contributed by atoms with Gasteiger partial charge in [-0.3, -0.25) is 0 Å². The summed E-state index contributed by atoms with van der Waals surface area (Å²) in [5.74, 6) is -69.5. The van der Waals surface area contributed by atoms with Crippen molar-refractivity contribution in [2.45, 2.75) is 0 Å². The third-order valence-corrected chi connectivity index (χ3v) is 19.5. The molecular formula is C60H22BF20IO2S2. The molecule has 2 nitrogen and oxygen atoms in total. The Labute approximate surface area is 486 Å². The van der Waals surface area contributed by atoms with E-state index in [1.807, 2.05) is 0 Å². The van der Waals surface area contributed by atoms with Gasteiger partial charge in [0.25, 0.3) is 5.77 Å². The van der Waals surface area contributed by atoms with Gasteiger partial charge in [-0.25, -0.2) is 87.8 Å². The first kappa shape index (κ1) is 59.4. The van der Waals surface area contributed by atoms with Crippen LogP contribution in [0.4, 0.5) is 87.8 Å². The van der Waals surface area contributed by atoms with E-state index in [9.17, 15) is 52.7 Å². The summed E-state index contributed by atoms with van der Waals surface area (Å²) in [6.07, 6.45) is -7.22. The Balaban J connectivity index is 0.000000179. The van der Waals surface area contributed by atoms with Gasteiger partial charge in [0.2, 0.25) is 0 Å². The minimum absolute atomic E-state index is 0.346. The second kappa shape index (κ2) is 22.8. The highest BCUT2D eigenvalue weighted by molar-refractivity contribution is 7.20. The zero-order valence-corrected chi connectivity index (χ0v) is 45.6. The van der Waals surface area contributed by atoms with Crippen LogP contribution in [-0.2, 0) is 0 Å². The van der Waals surface area contributed by atoms with Crippen LogP contribution in [0.25, 0.3) is 43.1 Å². The van der Waals surface area contributed by atoms with E-state index >= 15 is 35.1 Å². The first-order chi connectivity index (χ1) is 41.0. The van der Waals surface area contributed by atoms with Gasteiger partial charge in [0, 0.05) is 33.7 Å². The van der Waals surface area contributed by atoms with E-state index in [4.69, 9.17) is 9.47 Å². The van der Waals surface area contributed by atoms with Gasteiger partial charge in [0.05, 0.1) is 0 Å². The number of benzene rings is 10. The smallest absolute Gasteiger partial charge is 0.381 e. The van der Waals surface area contributed by atoms with Crippen LogP contribution in [0.3, 0.4) is 0 Å². The number of hydrogen-bond acceptors (Lipinski definition) is 4. The van der Waals surface area contributed by atoms with E-state index in [-0.39, 0.29) is 21.2 Å². The molecule has 2 aromatic heterocycles. The third-order valence-electron chi connectivity index (χ3n) is 13.8. The van der Waals surface area contributed by atoms with Crippen molar-refractivity contribution in [3.63, 3.8) is 0 Å². The first-order valence-corrected chi connectivity index (χ1v) is 28.0. The van der Waals surface area contributed by atoms with Crippen LogP contribution >= 0.6 is 22.7 Å². The van der Waals surface area contributed by atoms with Crippen molar-refractivity contribution in [1.29, 1.82) is 0 Å². The minimum atomic E-state index is -7.22. The maximum Gasteiger partial charge on any atom is 0.381 e. The summed E-state index contributed by atoms with van der Waals surface area (Å²) >= 11 is 3.15. The average Bonchev–Trinajstić information content (AvgIpc) is 0.747. The van der Waals surface area contributed by atoms with Crippen molar-refractivity contribution in [2.24, 2.45) is 0 Å². The van der Waals surface area contributed by atoms with Crippen molar-refractivity contribution in [1.82, 2.24) is 0 Å². The zero-order valence-electron chi connectivity index (χ0n) is 41.8. The SMILES string of the molecule is Fc1c(F)c(F)c([B-](c2c(F)c(F)c(F)c(F)c2F)(c2c(F)c(F)c(F)c(F)c2F)c2c(F)c(F)c(F)c(F)c2F)c(F)c1F.c1ccc2c(Oc3ccc([I+]c4ccc(Oc5c6ccccc6cc6ccccc56)s4)s3)c3ccccc3cc2c1. The molecule has 0 aliphatic rings. The standard InChI is InChI=1S/C36H22IO2S2.C24BF20/c1-5-13-27-23(9-1)21-24-10-2-6-14-28(24)35(27)38-33-19-17-31(40-33)37-32-18-20-34(41-32)39-36-29-15-7-3-11-25(29)22-26-12-4-8-16-30(26)36;26-5-1(6(27)14(35)21(42)13(5)34)25(2-7(28)15(36)22(43)16(37)8(2)29,3-9(30)17(38)23(44)18(39)10(3)31)4-11(32)19(40)24(45)20(41)12(4)33/h1-22H;/q+1;-1. The number of hydrogen-bond donors (Lipinski definition) is 0. The highest BCUT2D eigenvalue weighted by Crippen LogP contribution is 2.41. The topological polar surface area (TPSA) is 18.5 Å². The summed E-state index contributed by atoms with van der Waals surface area (Å²) in [5, 5.41) is 11.2.